The lowest BCUT2D eigenvalue weighted by Gasteiger charge is -2.22. The van der Waals surface area contributed by atoms with Crippen molar-refractivity contribution < 1.29 is 24.2 Å². The number of carbonyl (C=O) groups is 2. The molecule has 0 radical (unpaired) electrons. The van der Waals surface area contributed by atoms with E-state index in [9.17, 15) is 14.7 Å². The van der Waals surface area contributed by atoms with Gasteiger partial charge in [0.2, 0.25) is 0 Å². The van der Waals surface area contributed by atoms with Gasteiger partial charge in [0, 0.05) is 19.2 Å². The van der Waals surface area contributed by atoms with Crippen LogP contribution in [0.1, 0.15) is 20.3 Å². The first-order valence-corrected chi connectivity index (χ1v) is 7.91. The van der Waals surface area contributed by atoms with Gasteiger partial charge in [-0.15, -0.1) is 0 Å². The summed E-state index contributed by atoms with van der Waals surface area (Å²) < 4.78 is 10.9. The molecule has 2 atom stereocenters. The number of rotatable bonds is 6. The number of methoxy groups -OCH3 is 1. The van der Waals surface area contributed by atoms with Gasteiger partial charge in [-0.25, -0.2) is 4.79 Å². The molecule has 1 saturated heterocycles. The molecule has 0 aromatic heterocycles. The van der Waals surface area contributed by atoms with Crippen molar-refractivity contribution in [2.24, 2.45) is 5.41 Å². The normalized spacial score (nSPS) is 21.2. The van der Waals surface area contributed by atoms with Gasteiger partial charge in [0.15, 0.2) is 0 Å². The van der Waals surface area contributed by atoms with Crippen LogP contribution in [0.25, 0.3) is 0 Å². The Morgan fingerprint density at radius 1 is 1.42 bits per heavy atom. The van der Waals surface area contributed by atoms with Crippen molar-refractivity contribution in [1.29, 1.82) is 0 Å². The number of carboxylic acids is 1. The predicted molar refractivity (Wildman–Crippen MR) is 88.4 cm³/mol. The number of carboxylic acid groups (broad SMARTS) is 1. The van der Waals surface area contributed by atoms with Crippen LogP contribution < -0.4 is 14.8 Å². The van der Waals surface area contributed by atoms with E-state index in [0.29, 0.717) is 31.0 Å². The lowest BCUT2D eigenvalue weighted by atomic mass is 9.90. The Bertz CT molecular complexity index is 606. The van der Waals surface area contributed by atoms with E-state index in [4.69, 9.17) is 9.47 Å². The summed E-state index contributed by atoms with van der Waals surface area (Å²) in [6.45, 7) is 4.51. The van der Waals surface area contributed by atoms with E-state index in [1.54, 1.807) is 20.1 Å². The van der Waals surface area contributed by atoms with Gasteiger partial charge in [-0.05, 0) is 32.4 Å². The second-order valence-corrected chi connectivity index (χ2v) is 6.33. The molecule has 0 aliphatic carbocycles. The van der Waals surface area contributed by atoms with Crippen LogP contribution in [-0.4, -0.2) is 54.9 Å². The number of urea groups is 1. The first-order valence-electron chi connectivity index (χ1n) is 7.91. The highest BCUT2D eigenvalue weighted by atomic mass is 16.5. The minimum Gasteiger partial charge on any atom is -0.497 e. The molecule has 0 bridgehead atoms. The number of likely N-dealkylation sites (tertiary alicyclic amines) is 1. The third-order valence-corrected chi connectivity index (χ3v) is 4.20. The topological polar surface area (TPSA) is 88.1 Å². The fourth-order valence-corrected chi connectivity index (χ4v) is 2.60. The van der Waals surface area contributed by atoms with Gasteiger partial charge in [0.05, 0.1) is 19.1 Å². The summed E-state index contributed by atoms with van der Waals surface area (Å²) in [6, 6.07) is 6.99. The Labute approximate surface area is 141 Å². The molecule has 7 heteroatoms. The molecule has 1 aliphatic heterocycles. The van der Waals surface area contributed by atoms with Gasteiger partial charge < -0.3 is 24.8 Å². The summed E-state index contributed by atoms with van der Waals surface area (Å²) in [5.41, 5.74) is -0.861. The zero-order chi connectivity index (χ0) is 17.7. The van der Waals surface area contributed by atoms with Crippen LogP contribution in [0.4, 0.5) is 4.79 Å². The first kappa shape index (κ1) is 17.9. The molecule has 2 amide bonds. The van der Waals surface area contributed by atoms with Crippen LogP contribution in [0.15, 0.2) is 24.3 Å². The Morgan fingerprint density at radius 2 is 2.12 bits per heavy atom. The van der Waals surface area contributed by atoms with Gasteiger partial charge in [-0.2, -0.15) is 0 Å². The molecule has 2 rings (SSSR count). The number of hydrogen-bond acceptors (Lipinski definition) is 4. The number of carbonyl (C=O) groups excluding carboxylic acids is 1. The number of aliphatic carboxylic acids is 1. The third-order valence-electron chi connectivity index (χ3n) is 4.20. The summed E-state index contributed by atoms with van der Waals surface area (Å²) in [5.74, 6) is 0.497. The molecule has 1 aromatic carbocycles. The summed E-state index contributed by atoms with van der Waals surface area (Å²) >= 11 is 0. The van der Waals surface area contributed by atoms with Crippen LogP contribution in [0.2, 0.25) is 0 Å². The largest absolute Gasteiger partial charge is 0.497 e. The van der Waals surface area contributed by atoms with Crippen LogP contribution in [0.5, 0.6) is 11.5 Å². The molecule has 2 N–H and O–H groups in total. The quantitative estimate of drug-likeness (QED) is 0.829. The number of nitrogens with zero attached hydrogens (tertiary/aromatic N) is 1. The standard InChI is InChI=1S/C17H24N2O5/c1-12(24-14-6-4-5-13(9-14)23-3)10-18-16(22)19-8-7-17(2,11-19)15(20)21/h4-6,9,12H,7-8,10-11H2,1-3H3,(H,18,22)(H,20,21). The van der Waals surface area contributed by atoms with Crippen LogP contribution in [-0.2, 0) is 4.79 Å². The van der Waals surface area contributed by atoms with E-state index in [1.807, 2.05) is 25.1 Å². The second-order valence-electron chi connectivity index (χ2n) is 6.33. The summed E-state index contributed by atoms with van der Waals surface area (Å²) in [7, 11) is 1.59. The summed E-state index contributed by atoms with van der Waals surface area (Å²) in [4.78, 5) is 24.9. The Kier molecular flexibility index (Phi) is 5.54. The monoisotopic (exact) mass is 336 g/mol. The first-order chi connectivity index (χ1) is 11.3. The Balaban J connectivity index is 1.80. The van der Waals surface area contributed by atoms with Crippen molar-refractivity contribution in [2.45, 2.75) is 26.4 Å². The summed E-state index contributed by atoms with van der Waals surface area (Å²) in [6.07, 6.45) is 0.237. The van der Waals surface area contributed by atoms with E-state index < -0.39 is 11.4 Å². The summed E-state index contributed by atoms with van der Waals surface area (Å²) in [5, 5.41) is 12.0. The molecule has 1 aliphatic rings. The fraction of sp³-hybridized carbons (Fsp3) is 0.529. The maximum absolute atomic E-state index is 12.2. The predicted octanol–water partition coefficient (Wildman–Crippen LogP) is 1.97. The van der Waals surface area contributed by atoms with Gasteiger partial charge in [-0.3, -0.25) is 4.79 Å². The van der Waals surface area contributed by atoms with Crippen LogP contribution >= 0.6 is 0 Å². The van der Waals surface area contributed by atoms with Crippen LogP contribution in [0.3, 0.4) is 0 Å². The minimum absolute atomic E-state index is 0.222. The molecular formula is C17H24N2O5. The SMILES string of the molecule is COc1cccc(OC(C)CNC(=O)N2CCC(C)(C(=O)O)C2)c1. The molecule has 132 valence electrons. The maximum Gasteiger partial charge on any atom is 0.317 e. The number of ether oxygens (including phenoxy) is 2. The molecule has 0 spiro atoms. The van der Waals surface area contributed by atoms with Crippen molar-refractivity contribution >= 4 is 12.0 Å². The molecule has 1 heterocycles. The highest BCUT2D eigenvalue weighted by Gasteiger charge is 2.42. The van der Waals surface area contributed by atoms with Gasteiger partial charge in [0.25, 0.3) is 0 Å². The van der Waals surface area contributed by atoms with Gasteiger partial charge >= 0.3 is 12.0 Å². The highest BCUT2D eigenvalue weighted by molar-refractivity contribution is 5.79. The number of nitrogens with one attached hydrogen (secondary N) is 1. The molecule has 7 nitrogen and oxygen atoms in total. The number of hydrogen-bond donors (Lipinski definition) is 2. The van der Waals surface area contributed by atoms with E-state index in [-0.39, 0.29) is 18.7 Å². The molecule has 1 aromatic rings. The van der Waals surface area contributed by atoms with E-state index >= 15 is 0 Å². The zero-order valence-corrected chi connectivity index (χ0v) is 14.2. The third kappa shape index (κ3) is 4.31. The van der Waals surface area contributed by atoms with E-state index in [1.165, 1.54) is 4.90 Å². The zero-order valence-electron chi connectivity index (χ0n) is 14.2. The average molecular weight is 336 g/mol. The van der Waals surface area contributed by atoms with Gasteiger partial charge in [-0.1, -0.05) is 6.07 Å². The lowest BCUT2D eigenvalue weighted by molar-refractivity contribution is -0.147. The molecule has 24 heavy (non-hydrogen) atoms. The Hall–Kier alpha value is -2.44. The van der Waals surface area contributed by atoms with Gasteiger partial charge in [0.1, 0.15) is 17.6 Å². The van der Waals surface area contributed by atoms with Crippen molar-refractivity contribution in [3.05, 3.63) is 24.3 Å². The molecular weight excluding hydrogens is 312 g/mol. The second kappa shape index (κ2) is 7.42. The average Bonchev–Trinajstić information content (AvgIpc) is 2.97. The Morgan fingerprint density at radius 3 is 2.75 bits per heavy atom. The van der Waals surface area contributed by atoms with Crippen LogP contribution in [0, 0.1) is 5.41 Å². The number of amides is 2. The van der Waals surface area contributed by atoms with Crippen molar-refractivity contribution in [3.63, 3.8) is 0 Å². The molecule has 1 fully saturated rings. The van der Waals surface area contributed by atoms with E-state index in [0.717, 1.165) is 0 Å². The highest BCUT2D eigenvalue weighted by Crippen LogP contribution is 2.30. The van der Waals surface area contributed by atoms with Crippen molar-refractivity contribution in [2.75, 3.05) is 26.7 Å². The number of benzene rings is 1. The maximum atomic E-state index is 12.2. The van der Waals surface area contributed by atoms with Crippen molar-refractivity contribution in [1.82, 2.24) is 10.2 Å². The van der Waals surface area contributed by atoms with Crippen molar-refractivity contribution in [3.8, 4) is 11.5 Å². The minimum atomic E-state index is -0.868. The smallest absolute Gasteiger partial charge is 0.317 e. The molecule has 0 saturated carbocycles. The molecule has 2 unspecified atom stereocenters. The fourth-order valence-electron chi connectivity index (χ4n) is 2.60. The lowest BCUT2D eigenvalue weighted by Crippen LogP contribution is -2.43. The van der Waals surface area contributed by atoms with E-state index in [2.05, 4.69) is 5.32 Å².